The van der Waals surface area contributed by atoms with Gasteiger partial charge in [0.15, 0.2) is 5.69 Å². The lowest BCUT2D eigenvalue weighted by Gasteiger charge is -2.27. The van der Waals surface area contributed by atoms with Gasteiger partial charge in [-0.2, -0.15) is 5.26 Å². The minimum Gasteiger partial charge on any atom is -0.316 e. The average Bonchev–Trinajstić information content (AvgIpc) is 2.48. The molecular formula is C13H18N4O2S. The summed E-state index contributed by atoms with van der Waals surface area (Å²) in [5.41, 5.74) is -0.0545. The first-order chi connectivity index (χ1) is 9.55. The van der Waals surface area contributed by atoms with Crippen LogP contribution in [0.3, 0.4) is 0 Å². The number of sulfonamides is 1. The Kier molecular flexibility index (Phi) is 4.70. The Morgan fingerprint density at radius 2 is 2.40 bits per heavy atom. The van der Waals surface area contributed by atoms with E-state index in [4.69, 9.17) is 5.26 Å². The Bertz CT molecular complexity index is 603. The molecule has 0 spiro atoms. The van der Waals surface area contributed by atoms with Crippen LogP contribution >= 0.6 is 0 Å². The van der Waals surface area contributed by atoms with Crippen LogP contribution < -0.4 is 5.32 Å². The number of pyridine rings is 1. The van der Waals surface area contributed by atoms with Crippen LogP contribution in [0.15, 0.2) is 23.2 Å². The van der Waals surface area contributed by atoms with E-state index >= 15 is 0 Å². The molecule has 108 valence electrons. The fourth-order valence-electron chi connectivity index (χ4n) is 2.39. The van der Waals surface area contributed by atoms with Crippen LogP contribution in [0.5, 0.6) is 0 Å². The van der Waals surface area contributed by atoms with Crippen LogP contribution in [0, 0.1) is 17.2 Å². The van der Waals surface area contributed by atoms with E-state index < -0.39 is 10.0 Å². The monoisotopic (exact) mass is 294 g/mol. The van der Waals surface area contributed by atoms with Gasteiger partial charge in [0.05, 0.1) is 0 Å². The summed E-state index contributed by atoms with van der Waals surface area (Å²) < 4.78 is 26.3. The quantitative estimate of drug-likeness (QED) is 0.877. The predicted molar refractivity (Wildman–Crippen MR) is 74.4 cm³/mol. The van der Waals surface area contributed by atoms with Crippen molar-refractivity contribution in [2.24, 2.45) is 5.92 Å². The van der Waals surface area contributed by atoms with Crippen LogP contribution in [0.25, 0.3) is 0 Å². The molecule has 1 atom stereocenters. The molecule has 1 aliphatic rings. The van der Waals surface area contributed by atoms with Crippen molar-refractivity contribution in [2.75, 3.05) is 26.7 Å². The van der Waals surface area contributed by atoms with E-state index in [1.165, 1.54) is 22.6 Å². The summed E-state index contributed by atoms with van der Waals surface area (Å²) in [4.78, 5) is 3.79. The molecule has 6 nitrogen and oxygen atoms in total. The Morgan fingerprint density at radius 1 is 1.60 bits per heavy atom. The Balaban J connectivity index is 2.19. The highest BCUT2D eigenvalue weighted by atomic mass is 32.2. The fourth-order valence-corrected chi connectivity index (χ4v) is 3.73. The second-order valence-corrected chi connectivity index (χ2v) is 6.97. The van der Waals surface area contributed by atoms with Gasteiger partial charge in [0, 0.05) is 19.8 Å². The number of piperidine rings is 1. The summed E-state index contributed by atoms with van der Waals surface area (Å²) in [5.74, 6) is 0.311. The number of hydrogen-bond acceptors (Lipinski definition) is 5. The van der Waals surface area contributed by atoms with E-state index in [1.54, 1.807) is 7.05 Å². The zero-order valence-electron chi connectivity index (χ0n) is 11.4. The second-order valence-electron chi connectivity index (χ2n) is 4.96. The molecule has 1 aromatic rings. The van der Waals surface area contributed by atoms with E-state index in [1.807, 2.05) is 6.07 Å². The number of rotatable bonds is 4. The largest absolute Gasteiger partial charge is 0.316 e. The molecule has 7 heteroatoms. The first-order valence-electron chi connectivity index (χ1n) is 6.58. The molecule has 20 heavy (non-hydrogen) atoms. The second kappa shape index (κ2) is 6.31. The summed E-state index contributed by atoms with van der Waals surface area (Å²) in [6.07, 6.45) is 3.50. The molecule has 0 amide bonds. The molecule has 0 radical (unpaired) electrons. The zero-order chi connectivity index (χ0) is 14.6. The Hall–Kier alpha value is -1.49. The van der Waals surface area contributed by atoms with Crippen molar-refractivity contribution in [1.82, 2.24) is 14.6 Å². The molecule has 1 saturated heterocycles. The highest BCUT2D eigenvalue weighted by molar-refractivity contribution is 7.89. The third-order valence-corrected chi connectivity index (χ3v) is 5.33. The molecule has 1 aliphatic heterocycles. The van der Waals surface area contributed by atoms with Crippen molar-refractivity contribution in [3.05, 3.63) is 24.0 Å². The summed E-state index contributed by atoms with van der Waals surface area (Å²) >= 11 is 0. The summed E-state index contributed by atoms with van der Waals surface area (Å²) in [5, 5.41) is 12.2. The summed E-state index contributed by atoms with van der Waals surface area (Å²) in [6, 6.07) is 4.79. The van der Waals surface area contributed by atoms with Crippen molar-refractivity contribution < 1.29 is 8.42 Å². The topological polar surface area (TPSA) is 86.1 Å². The number of nitrogens with zero attached hydrogens (tertiary/aromatic N) is 3. The highest BCUT2D eigenvalue weighted by Crippen LogP contribution is 2.19. The highest BCUT2D eigenvalue weighted by Gasteiger charge is 2.27. The first-order valence-corrected chi connectivity index (χ1v) is 8.02. The van der Waals surface area contributed by atoms with Crippen molar-refractivity contribution in [1.29, 1.82) is 5.26 Å². The Labute approximate surface area is 119 Å². The number of hydrogen-bond donors (Lipinski definition) is 1. The van der Waals surface area contributed by atoms with Crippen LogP contribution in [-0.4, -0.2) is 44.4 Å². The summed E-state index contributed by atoms with van der Waals surface area (Å²) in [7, 11) is -2.11. The smallest absolute Gasteiger partial charge is 0.245 e. The van der Waals surface area contributed by atoms with E-state index in [0.29, 0.717) is 12.5 Å². The van der Waals surface area contributed by atoms with Gasteiger partial charge < -0.3 is 5.32 Å². The lowest BCUT2D eigenvalue weighted by molar-refractivity contribution is 0.314. The minimum atomic E-state index is -3.66. The zero-order valence-corrected chi connectivity index (χ0v) is 12.2. The van der Waals surface area contributed by atoms with Gasteiger partial charge in [-0.05, 0) is 44.0 Å². The number of nitrogens with one attached hydrogen (secondary N) is 1. The average molecular weight is 294 g/mol. The molecule has 2 rings (SSSR count). The maximum Gasteiger partial charge on any atom is 0.245 e. The van der Waals surface area contributed by atoms with E-state index in [2.05, 4.69) is 10.3 Å². The molecule has 1 N–H and O–H groups in total. The molecule has 1 aromatic heterocycles. The van der Waals surface area contributed by atoms with Gasteiger partial charge in [-0.15, -0.1) is 0 Å². The van der Waals surface area contributed by atoms with Crippen LogP contribution in [0.2, 0.25) is 0 Å². The van der Waals surface area contributed by atoms with Gasteiger partial charge in [0.2, 0.25) is 10.0 Å². The van der Waals surface area contributed by atoms with Crippen LogP contribution in [0.4, 0.5) is 0 Å². The maximum atomic E-state index is 12.5. The Morgan fingerprint density at radius 3 is 3.05 bits per heavy atom. The van der Waals surface area contributed by atoms with Gasteiger partial charge in [-0.25, -0.2) is 17.7 Å². The van der Waals surface area contributed by atoms with Gasteiger partial charge in [0.1, 0.15) is 11.0 Å². The molecular weight excluding hydrogens is 276 g/mol. The molecule has 0 aromatic carbocycles. The van der Waals surface area contributed by atoms with Gasteiger partial charge >= 0.3 is 0 Å². The van der Waals surface area contributed by atoms with Crippen molar-refractivity contribution in [3.63, 3.8) is 0 Å². The first kappa shape index (κ1) is 14.9. The molecule has 0 aliphatic carbocycles. The van der Waals surface area contributed by atoms with Crippen LogP contribution in [-0.2, 0) is 10.0 Å². The molecule has 0 saturated carbocycles. The van der Waals surface area contributed by atoms with Crippen molar-refractivity contribution in [2.45, 2.75) is 17.7 Å². The molecule has 2 heterocycles. The third-order valence-electron chi connectivity index (χ3n) is 3.48. The van der Waals surface area contributed by atoms with Crippen LogP contribution in [0.1, 0.15) is 18.5 Å². The van der Waals surface area contributed by atoms with Gasteiger partial charge in [0.25, 0.3) is 0 Å². The maximum absolute atomic E-state index is 12.5. The number of aromatic nitrogens is 1. The predicted octanol–water partition coefficient (Wildman–Crippen LogP) is 0.573. The van der Waals surface area contributed by atoms with Gasteiger partial charge in [-0.1, -0.05) is 0 Å². The number of nitriles is 1. The van der Waals surface area contributed by atoms with E-state index in [-0.39, 0.29) is 10.6 Å². The minimum absolute atomic E-state index is 0.0197. The lowest BCUT2D eigenvalue weighted by atomic mass is 10.00. The molecule has 1 fully saturated rings. The van der Waals surface area contributed by atoms with E-state index in [0.717, 1.165) is 25.9 Å². The standard InChI is InChI=1S/C13H18N4O2S/c1-17(10-11-4-2-6-15-9-11)20(18,19)13-5-3-7-16-12(13)8-14/h3,5,7,11,15H,2,4,6,9-10H2,1H3. The molecule has 0 bridgehead atoms. The van der Waals surface area contributed by atoms with Crippen molar-refractivity contribution >= 4 is 10.0 Å². The lowest BCUT2D eigenvalue weighted by Crippen LogP contribution is -2.39. The van der Waals surface area contributed by atoms with E-state index in [9.17, 15) is 8.42 Å². The fraction of sp³-hybridized carbons (Fsp3) is 0.538. The summed E-state index contributed by atoms with van der Waals surface area (Å²) in [6.45, 7) is 2.28. The van der Waals surface area contributed by atoms with Crippen molar-refractivity contribution in [3.8, 4) is 6.07 Å². The molecule has 1 unspecified atom stereocenters. The third kappa shape index (κ3) is 3.15. The van der Waals surface area contributed by atoms with Gasteiger partial charge in [-0.3, -0.25) is 0 Å². The SMILES string of the molecule is CN(CC1CCCNC1)S(=O)(=O)c1cccnc1C#N. The normalized spacial score (nSPS) is 19.8.